The maximum absolute atomic E-state index is 11.7. The second-order valence-electron chi connectivity index (χ2n) is 2.63. The molecule has 1 heterocycles. The van der Waals surface area contributed by atoms with E-state index in [9.17, 15) is 9.18 Å². The normalized spacial score (nSPS) is 16.2. The molecule has 1 rings (SSSR count). The summed E-state index contributed by atoms with van der Waals surface area (Å²) < 4.78 is 11.7. The number of hydrogen-bond acceptors (Lipinski definition) is 1. The molecule has 0 saturated carbocycles. The van der Waals surface area contributed by atoms with E-state index in [0.717, 1.165) is 13.0 Å². The van der Waals surface area contributed by atoms with Gasteiger partial charge in [0.25, 0.3) is 0 Å². The smallest absolute Gasteiger partial charge is 0.317 e. The highest BCUT2D eigenvalue weighted by molar-refractivity contribution is 5.74. The van der Waals surface area contributed by atoms with Crippen molar-refractivity contribution in [2.45, 2.75) is 6.42 Å². The summed E-state index contributed by atoms with van der Waals surface area (Å²) in [6.07, 6.45) is 4.88. The average Bonchev–Trinajstić information content (AvgIpc) is 2.15. The van der Waals surface area contributed by atoms with Crippen molar-refractivity contribution in [1.82, 2.24) is 10.2 Å². The lowest BCUT2D eigenvalue weighted by Gasteiger charge is -2.23. The number of nitrogens with one attached hydrogen (secondary N) is 1. The van der Waals surface area contributed by atoms with Gasteiger partial charge in [0, 0.05) is 19.6 Å². The van der Waals surface area contributed by atoms with Gasteiger partial charge in [-0.1, -0.05) is 12.2 Å². The Kier molecular flexibility index (Phi) is 3.57. The molecule has 1 aliphatic heterocycles. The van der Waals surface area contributed by atoms with E-state index in [0.29, 0.717) is 6.54 Å². The van der Waals surface area contributed by atoms with Gasteiger partial charge in [0.05, 0.1) is 0 Å². The van der Waals surface area contributed by atoms with Crippen molar-refractivity contribution in [3.8, 4) is 0 Å². The Hall–Kier alpha value is -1.06. The highest BCUT2D eigenvalue weighted by Gasteiger charge is 2.11. The molecule has 4 heteroatoms. The lowest BCUT2D eigenvalue weighted by atomic mass is 10.3. The van der Waals surface area contributed by atoms with Crippen LogP contribution in [0.15, 0.2) is 12.2 Å². The van der Waals surface area contributed by atoms with Crippen LogP contribution in [-0.4, -0.2) is 37.2 Å². The summed E-state index contributed by atoms with van der Waals surface area (Å²) in [4.78, 5) is 12.8. The monoisotopic (exact) mass is 172 g/mol. The van der Waals surface area contributed by atoms with E-state index in [4.69, 9.17) is 0 Å². The summed E-state index contributed by atoms with van der Waals surface area (Å²) in [7, 11) is 0. The Balaban J connectivity index is 2.26. The predicted molar refractivity (Wildman–Crippen MR) is 44.7 cm³/mol. The minimum atomic E-state index is -0.505. The number of nitrogens with zero attached hydrogens (tertiary/aromatic N) is 1. The van der Waals surface area contributed by atoms with Crippen LogP contribution in [0, 0.1) is 0 Å². The van der Waals surface area contributed by atoms with Gasteiger partial charge in [0.1, 0.15) is 6.67 Å². The summed E-state index contributed by atoms with van der Waals surface area (Å²) in [5.74, 6) is 0. The predicted octanol–water partition coefficient (Wildman–Crippen LogP) is 0.927. The Bertz CT molecular complexity index is 182. The van der Waals surface area contributed by atoms with Gasteiger partial charge in [-0.05, 0) is 6.42 Å². The standard InChI is InChI=1S/C8H13FN2O/c9-4-5-10-8(12)11-6-2-1-3-7-11/h1-2H,3-7H2,(H,10,12). The number of rotatable bonds is 2. The van der Waals surface area contributed by atoms with E-state index in [-0.39, 0.29) is 12.6 Å². The fraction of sp³-hybridized carbons (Fsp3) is 0.625. The zero-order valence-electron chi connectivity index (χ0n) is 6.92. The largest absolute Gasteiger partial charge is 0.335 e. The number of carbonyl (C=O) groups is 1. The lowest BCUT2D eigenvalue weighted by molar-refractivity contribution is 0.201. The molecule has 0 aromatic rings. The van der Waals surface area contributed by atoms with E-state index in [1.807, 2.05) is 12.2 Å². The molecule has 12 heavy (non-hydrogen) atoms. The van der Waals surface area contributed by atoms with Crippen LogP contribution in [0.5, 0.6) is 0 Å². The molecule has 0 radical (unpaired) electrons. The van der Waals surface area contributed by atoms with Gasteiger partial charge in [0.2, 0.25) is 0 Å². The molecular weight excluding hydrogens is 159 g/mol. The topological polar surface area (TPSA) is 32.3 Å². The fourth-order valence-electron chi connectivity index (χ4n) is 1.09. The molecule has 0 bridgehead atoms. The van der Waals surface area contributed by atoms with Gasteiger partial charge in [-0.15, -0.1) is 0 Å². The van der Waals surface area contributed by atoms with Crippen LogP contribution in [0.25, 0.3) is 0 Å². The van der Waals surface area contributed by atoms with Crippen molar-refractivity contribution in [2.24, 2.45) is 0 Å². The van der Waals surface area contributed by atoms with Crippen LogP contribution in [-0.2, 0) is 0 Å². The minimum Gasteiger partial charge on any atom is -0.335 e. The summed E-state index contributed by atoms with van der Waals surface area (Å²) in [6.45, 7) is 0.973. The molecule has 0 aromatic carbocycles. The van der Waals surface area contributed by atoms with Crippen molar-refractivity contribution in [3.05, 3.63) is 12.2 Å². The second kappa shape index (κ2) is 4.74. The average molecular weight is 172 g/mol. The Labute approximate surface area is 71.2 Å². The van der Waals surface area contributed by atoms with Crippen molar-refractivity contribution in [2.75, 3.05) is 26.3 Å². The zero-order valence-corrected chi connectivity index (χ0v) is 6.92. The van der Waals surface area contributed by atoms with Gasteiger partial charge >= 0.3 is 6.03 Å². The van der Waals surface area contributed by atoms with Gasteiger partial charge in [-0.25, -0.2) is 9.18 Å². The third-order valence-corrected chi connectivity index (χ3v) is 1.72. The number of amides is 2. The summed E-state index contributed by atoms with van der Waals surface area (Å²) in [5.41, 5.74) is 0. The van der Waals surface area contributed by atoms with Gasteiger partial charge in [0.15, 0.2) is 0 Å². The maximum Gasteiger partial charge on any atom is 0.317 e. The van der Waals surface area contributed by atoms with E-state index < -0.39 is 6.67 Å². The molecule has 0 unspecified atom stereocenters. The van der Waals surface area contributed by atoms with E-state index in [1.54, 1.807) is 4.90 Å². The van der Waals surface area contributed by atoms with Gasteiger partial charge in [-0.2, -0.15) is 0 Å². The van der Waals surface area contributed by atoms with E-state index >= 15 is 0 Å². The number of carbonyl (C=O) groups excluding carboxylic acids is 1. The van der Waals surface area contributed by atoms with Crippen molar-refractivity contribution < 1.29 is 9.18 Å². The Morgan fingerprint density at radius 2 is 2.42 bits per heavy atom. The summed E-state index contributed by atoms with van der Waals surface area (Å²) in [6, 6.07) is -0.169. The summed E-state index contributed by atoms with van der Waals surface area (Å²) in [5, 5.41) is 2.48. The Morgan fingerprint density at radius 3 is 3.00 bits per heavy atom. The molecule has 0 aromatic heterocycles. The minimum absolute atomic E-state index is 0.110. The SMILES string of the molecule is O=C(NCCF)N1CC=CCC1. The number of hydrogen-bond donors (Lipinski definition) is 1. The Morgan fingerprint density at radius 1 is 1.58 bits per heavy atom. The number of halogens is 1. The van der Waals surface area contributed by atoms with Crippen LogP contribution in [0.2, 0.25) is 0 Å². The molecule has 0 aliphatic carbocycles. The van der Waals surface area contributed by atoms with Crippen LogP contribution in [0.1, 0.15) is 6.42 Å². The molecule has 0 atom stereocenters. The molecule has 1 N–H and O–H groups in total. The van der Waals surface area contributed by atoms with Crippen LogP contribution >= 0.6 is 0 Å². The molecule has 68 valence electrons. The fourth-order valence-corrected chi connectivity index (χ4v) is 1.09. The molecule has 0 fully saturated rings. The van der Waals surface area contributed by atoms with E-state index in [2.05, 4.69) is 5.32 Å². The van der Waals surface area contributed by atoms with Gasteiger partial charge in [-0.3, -0.25) is 0 Å². The van der Waals surface area contributed by atoms with Crippen molar-refractivity contribution >= 4 is 6.03 Å². The zero-order chi connectivity index (χ0) is 8.81. The lowest BCUT2D eigenvalue weighted by Crippen LogP contribution is -2.42. The van der Waals surface area contributed by atoms with Crippen LogP contribution in [0.3, 0.4) is 0 Å². The first-order valence-electron chi connectivity index (χ1n) is 4.08. The first-order valence-corrected chi connectivity index (χ1v) is 4.08. The second-order valence-corrected chi connectivity index (χ2v) is 2.63. The highest BCUT2D eigenvalue weighted by atomic mass is 19.1. The molecule has 2 amide bonds. The highest BCUT2D eigenvalue weighted by Crippen LogP contribution is 2.00. The molecular formula is C8H13FN2O. The molecule has 0 saturated heterocycles. The third-order valence-electron chi connectivity index (χ3n) is 1.72. The molecule has 3 nitrogen and oxygen atoms in total. The van der Waals surface area contributed by atoms with Crippen molar-refractivity contribution in [3.63, 3.8) is 0 Å². The van der Waals surface area contributed by atoms with Crippen LogP contribution in [0.4, 0.5) is 9.18 Å². The van der Waals surface area contributed by atoms with E-state index in [1.165, 1.54) is 0 Å². The first kappa shape index (κ1) is 9.03. The van der Waals surface area contributed by atoms with Crippen molar-refractivity contribution in [1.29, 1.82) is 0 Å². The number of alkyl halides is 1. The molecule has 0 spiro atoms. The molecule has 1 aliphatic rings. The quantitative estimate of drug-likeness (QED) is 0.617. The summed E-state index contributed by atoms with van der Waals surface area (Å²) >= 11 is 0. The van der Waals surface area contributed by atoms with Crippen LogP contribution < -0.4 is 5.32 Å². The van der Waals surface area contributed by atoms with Gasteiger partial charge < -0.3 is 10.2 Å². The maximum atomic E-state index is 11.7. The third kappa shape index (κ3) is 2.53. The number of urea groups is 1. The first-order chi connectivity index (χ1) is 5.84.